The van der Waals surface area contributed by atoms with E-state index < -0.39 is 17.5 Å². The Hall–Kier alpha value is -2.73. The summed E-state index contributed by atoms with van der Waals surface area (Å²) in [5, 5.41) is 2.48. The zero-order valence-electron chi connectivity index (χ0n) is 15.6. The van der Waals surface area contributed by atoms with Gasteiger partial charge in [0.15, 0.2) is 5.78 Å². The number of pyridine rings is 1. The number of Topliss-reactive ketones (excluding diaryl/α,β-unsaturated/α-hetero) is 1. The highest BCUT2D eigenvalue weighted by Crippen LogP contribution is 2.33. The van der Waals surface area contributed by atoms with Crippen LogP contribution in [-0.4, -0.2) is 37.0 Å². The molecule has 0 saturated heterocycles. The summed E-state index contributed by atoms with van der Waals surface area (Å²) >= 11 is 0. The van der Waals surface area contributed by atoms with Crippen molar-refractivity contribution >= 4 is 11.7 Å². The van der Waals surface area contributed by atoms with Gasteiger partial charge in [-0.15, -0.1) is 0 Å². The highest BCUT2D eigenvalue weighted by molar-refractivity contribution is 6.00. The molecule has 1 heterocycles. The first-order valence-corrected chi connectivity index (χ1v) is 9.10. The molecule has 2 aromatic rings. The Labute approximate surface area is 158 Å². The molecule has 27 heavy (non-hydrogen) atoms. The molecule has 1 amide bonds. The van der Waals surface area contributed by atoms with Crippen LogP contribution in [0.1, 0.15) is 51.6 Å². The number of amides is 1. The van der Waals surface area contributed by atoms with Gasteiger partial charge >= 0.3 is 0 Å². The summed E-state index contributed by atoms with van der Waals surface area (Å²) in [4.78, 5) is 37.9. The third-order valence-electron chi connectivity index (χ3n) is 4.85. The Morgan fingerprint density at radius 1 is 1.26 bits per heavy atom. The normalized spacial score (nSPS) is 14.6. The van der Waals surface area contributed by atoms with Crippen molar-refractivity contribution in [3.8, 4) is 0 Å². The van der Waals surface area contributed by atoms with E-state index in [1.807, 2.05) is 30.3 Å². The number of nitrogens with one attached hydrogen (secondary N) is 1. The first kappa shape index (κ1) is 19.0. The summed E-state index contributed by atoms with van der Waals surface area (Å²) in [7, 11) is 3.03. The fourth-order valence-corrected chi connectivity index (χ4v) is 3.16. The predicted octanol–water partition coefficient (Wildman–Crippen LogP) is 2.43. The Bertz CT molecular complexity index is 885. The third-order valence-corrected chi connectivity index (χ3v) is 4.85. The monoisotopic (exact) mass is 368 g/mol. The van der Waals surface area contributed by atoms with E-state index in [0.717, 1.165) is 18.4 Å². The smallest absolute Gasteiger partial charge is 0.264 e. The van der Waals surface area contributed by atoms with Crippen LogP contribution in [-0.2, 0) is 4.74 Å². The Morgan fingerprint density at radius 3 is 2.56 bits per heavy atom. The number of ketones is 1. The first-order valence-electron chi connectivity index (χ1n) is 9.10. The van der Waals surface area contributed by atoms with Gasteiger partial charge in [-0.3, -0.25) is 14.4 Å². The second-order valence-corrected chi connectivity index (χ2v) is 6.89. The SMILES string of the molecule is CNC(=O)c1cc(C(=O)CC2CC2)cn([C@H](COC)c2ccccc2)c1=O. The van der Waals surface area contributed by atoms with Gasteiger partial charge in [-0.25, -0.2) is 0 Å². The number of ether oxygens (including phenoxy) is 1. The summed E-state index contributed by atoms with van der Waals surface area (Å²) < 4.78 is 6.77. The molecular weight excluding hydrogens is 344 g/mol. The van der Waals surface area contributed by atoms with Gasteiger partial charge in [0.25, 0.3) is 11.5 Å². The first-order chi connectivity index (χ1) is 13.0. The van der Waals surface area contributed by atoms with Crippen molar-refractivity contribution in [3.63, 3.8) is 0 Å². The average Bonchev–Trinajstić information content (AvgIpc) is 3.50. The van der Waals surface area contributed by atoms with Gasteiger partial charge in [0.05, 0.1) is 12.6 Å². The largest absolute Gasteiger partial charge is 0.382 e. The summed E-state index contributed by atoms with van der Waals surface area (Å²) in [5.41, 5.74) is 0.785. The minimum Gasteiger partial charge on any atom is -0.382 e. The van der Waals surface area contributed by atoms with Crippen LogP contribution in [0.3, 0.4) is 0 Å². The number of carbonyl (C=O) groups is 2. The van der Waals surface area contributed by atoms with Gasteiger partial charge in [-0.2, -0.15) is 0 Å². The molecule has 6 nitrogen and oxygen atoms in total. The quantitative estimate of drug-likeness (QED) is 0.726. The minimum atomic E-state index is -0.501. The number of carbonyl (C=O) groups excluding carboxylic acids is 2. The number of aromatic nitrogens is 1. The number of hydrogen-bond donors (Lipinski definition) is 1. The van der Waals surface area contributed by atoms with Crippen LogP contribution in [0.15, 0.2) is 47.4 Å². The van der Waals surface area contributed by atoms with E-state index in [9.17, 15) is 14.4 Å². The summed E-state index contributed by atoms with van der Waals surface area (Å²) in [6.07, 6.45) is 4.13. The number of methoxy groups -OCH3 is 1. The van der Waals surface area contributed by atoms with Crippen molar-refractivity contribution in [3.05, 3.63) is 69.6 Å². The molecular formula is C21H24N2O4. The van der Waals surface area contributed by atoms with Crippen molar-refractivity contribution < 1.29 is 14.3 Å². The number of benzene rings is 1. The fourth-order valence-electron chi connectivity index (χ4n) is 3.16. The molecule has 1 aromatic heterocycles. The van der Waals surface area contributed by atoms with Gasteiger partial charge in [0, 0.05) is 32.3 Å². The predicted molar refractivity (Wildman–Crippen MR) is 102 cm³/mol. The van der Waals surface area contributed by atoms with Crippen LogP contribution in [0.25, 0.3) is 0 Å². The van der Waals surface area contributed by atoms with Crippen LogP contribution in [0.2, 0.25) is 0 Å². The minimum absolute atomic E-state index is 0.0313. The second-order valence-electron chi connectivity index (χ2n) is 6.89. The van der Waals surface area contributed by atoms with Crippen LogP contribution >= 0.6 is 0 Å². The molecule has 0 aliphatic heterocycles. The molecule has 0 bridgehead atoms. The van der Waals surface area contributed by atoms with E-state index in [2.05, 4.69) is 5.32 Å². The zero-order valence-corrected chi connectivity index (χ0v) is 15.6. The molecule has 6 heteroatoms. The molecule has 1 N–H and O–H groups in total. The lowest BCUT2D eigenvalue weighted by Gasteiger charge is -2.21. The van der Waals surface area contributed by atoms with Crippen LogP contribution < -0.4 is 10.9 Å². The van der Waals surface area contributed by atoms with Gasteiger partial charge in [0.2, 0.25) is 0 Å². The highest BCUT2D eigenvalue weighted by atomic mass is 16.5. The second kappa shape index (κ2) is 8.31. The van der Waals surface area contributed by atoms with E-state index >= 15 is 0 Å². The lowest BCUT2D eigenvalue weighted by atomic mass is 10.0. The highest BCUT2D eigenvalue weighted by Gasteiger charge is 2.27. The van der Waals surface area contributed by atoms with Crippen molar-refractivity contribution in [2.75, 3.05) is 20.8 Å². The Balaban J connectivity index is 2.11. The number of hydrogen-bond acceptors (Lipinski definition) is 4. The van der Waals surface area contributed by atoms with E-state index in [1.165, 1.54) is 17.7 Å². The molecule has 142 valence electrons. The van der Waals surface area contributed by atoms with E-state index in [4.69, 9.17) is 4.74 Å². The van der Waals surface area contributed by atoms with Crippen molar-refractivity contribution in [2.24, 2.45) is 5.92 Å². The maximum Gasteiger partial charge on any atom is 0.264 e. The molecule has 1 aromatic carbocycles. The molecule has 1 fully saturated rings. The Morgan fingerprint density at radius 2 is 1.96 bits per heavy atom. The van der Waals surface area contributed by atoms with Crippen LogP contribution in [0.4, 0.5) is 0 Å². The van der Waals surface area contributed by atoms with E-state index in [1.54, 1.807) is 13.3 Å². The molecule has 0 radical (unpaired) electrons. The topological polar surface area (TPSA) is 77.4 Å². The Kier molecular flexibility index (Phi) is 5.86. The molecule has 0 spiro atoms. The van der Waals surface area contributed by atoms with E-state index in [0.29, 0.717) is 17.9 Å². The molecule has 1 saturated carbocycles. The van der Waals surface area contributed by atoms with Gasteiger partial charge in [-0.1, -0.05) is 30.3 Å². The summed E-state index contributed by atoms with van der Waals surface area (Å²) in [6, 6.07) is 10.4. The van der Waals surface area contributed by atoms with Crippen LogP contribution in [0, 0.1) is 5.92 Å². The molecule has 0 unspecified atom stereocenters. The average molecular weight is 368 g/mol. The lowest BCUT2D eigenvalue weighted by molar-refractivity contribution is 0.0960. The van der Waals surface area contributed by atoms with Crippen molar-refractivity contribution in [1.29, 1.82) is 0 Å². The number of rotatable bonds is 8. The third kappa shape index (κ3) is 4.34. The maximum atomic E-state index is 13.0. The molecule has 1 aliphatic rings. The van der Waals surface area contributed by atoms with Gasteiger partial charge in [-0.05, 0) is 30.4 Å². The summed E-state index contributed by atoms with van der Waals surface area (Å²) in [5.74, 6) is -0.120. The molecule has 1 aliphatic carbocycles. The fraction of sp³-hybridized carbons (Fsp3) is 0.381. The van der Waals surface area contributed by atoms with Gasteiger partial charge in [0.1, 0.15) is 5.56 Å². The zero-order chi connectivity index (χ0) is 19.4. The molecule has 1 atom stereocenters. The standard InChI is InChI=1S/C21H24N2O4/c1-22-20(25)17-11-16(19(24)10-14-8-9-14)12-23(21(17)26)18(13-27-2)15-6-4-3-5-7-15/h3-7,11-12,14,18H,8-10,13H2,1-2H3,(H,22,25)/t18-/m1/s1. The van der Waals surface area contributed by atoms with Crippen molar-refractivity contribution in [1.82, 2.24) is 9.88 Å². The van der Waals surface area contributed by atoms with Crippen molar-refractivity contribution in [2.45, 2.75) is 25.3 Å². The number of nitrogens with zero attached hydrogens (tertiary/aromatic N) is 1. The summed E-state index contributed by atoms with van der Waals surface area (Å²) in [6.45, 7) is 0.247. The van der Waals surface area contributed by atoms with Crippen LogP contribution in [0.5, 0.6) is 0 Å². The molecule has 3 rings (SSSR count). The maximum absolute atomic E-state index is 13.0. The van der Waals surface area contributed by atoms with Gasteiger partial charge < -0.3 is 14.6 Å². The van der Waals surface area contributed by atoms with E-state index in [-0.39, 0.29) is 18.0 Å². The lowest BCUT2D eigenvalue weighted by Crippen LogP contribution is -2.35.